The number of imidazole rings is 1. The zero-order chi connectivity index (χ0) is 12.8. The minimum atomic E-state index is -0.150. The summed E-state index contributed by atoms with van der Waals surface area (Å²) in [5.41, 5.74) is 0. The number of H-pyrrole nitrogens is 1. The molecule has 0 unspecified atom stereocenters. The van der Waals surface area contributed by atoms with Gasteiger partial charge < -0.3 is 9.30 Å². The highest BCUT2D eigenvalue weighted by atomic mass is 16.5. The van der Waals surface area contributed by atoms with E-state index in [9.17, 15) is 4.79 Å². The third-order valence-corrected chi connectivity index (χ3v) is 2.15. The predicted octanol–water partition coefficient (Wildman–Crippen LogP) is 0.429. The van der Waals surface area contributed by atoms with Crippen molar-refractivity contribution in [2.24, 2.45) is 0 Å². The molecule has 0 saturated carbocycles. The van der Waals surface area contributed by atoms with Gasteiger partial charge in [0.15, 0.2) is 0 Å². The van der Waals surface area contributed by atoms with E-state index in [0.717, 1.165) is 0 Å². The number of aromatic amines is 1. The Kier molecular flexibility index (Phi) is 3.90. The molecule has 0 aliphatic heterocycles. The Labute approximate surface area is 103 Å². The number of ether oxygens (including phenoxy) is 1. The topological polar surface area (TPSA) is 97.7 Å². The van der Waals surface area contributed by atoms with Crippen LogP contribution in [0.25, 0.3) is 0 Å². The molecule has 0 spiro atoms. The summed E-state index contributed by atoms with van der Waals surface area (Å²) < 4.78 is 6.89. The Morgan fingerprint density at radius 2 is 2.50 bits per heavy atom. The van der Waals surface area contributed by atoms with Crippen LogP contribution < -0.4 is 10.1 Å². The van der Waals surface area contributed by atoms with Crippen LogP contribution in [0.15, 0.2) is 18.7 Å². The Bertz CT molecular complexity index is 492. The van der Waals surface area contributed by atoms with Crippen molar-refractivity contribution in [3.05, 3.63) is 18.7 Å². The lowest BCUT2D eigenvalue weighted by atomic mass is 10.4. The number of aromatic nitrogens is 5. The first-order valence-corrected chi connectivity index (χ1v) is 5.58. The highest BCUT2D eigenvalue weighted by Gasteiger charge is 2.07. The summed E-state index contributed by atoms with van der Waals surface area (Å²) in [6.07, 6.45) is 5.47. The average molecular weight is 250 g/mol. The van der Waals surface area contributed by atoms with Crippen LogP contribution in [-0.2, 0) is 11.3 Å². The van der Waals surface area contributed by atoms with Gasteiger partial charge in [-0.15, -0.1) is 5.10 Å². The zero-order valence-corrected chi connectivity index (χ0v) is 9.96. The highest BCUT2D eigenvalue weighted by Crippen LogP contribution is 2.05. The predicted molar refractivity (Wildman–Crippen MR) is 63.0 cm³/mol. The number of rotatable bonds is 6. The maximum absolute atomic E-state index is 11.6. The molecule has 0 radical (unpaired) electrons. The van der Waals surface area contributed by atoms with Gasteiger partial charge in [0.05, 0.1) is 12.9 Å². The molecule has 0 fully saturated rings. The van der Waals surface area contributed by atoms with E-state index in [-0.39, 0.29) is 17.9 Å². The molecule has 2 rings (SSSR count). The molecule has 18 heavy (non-hydrogen) atoms. The Hall–Kier alpha value is -2.38. The smallest absolute Gasteiger partial charge is 0.337 e. The lowest BCUT2D eigenvalue weighted by Crippen LogP contribution is -2.15. The number of anilines is 1. The van der Waals surface area contributed by atoms with Crippen molar-refractivity contribution in [2.45, 2.75) is 19.9 Å². The number of carbonyl (C=O) groups excluding carboxylic acids is 1. The van der Waals surface area contributed by atoms with Crippen molar-refractivity contribution in [3.8, 4) is 6.01 Å². The summed E-state index contributed by atoms with van der Waals surface area (Å²) in [5, 5.41) is 8.96. The van der Waals surface area contributed by atoms with Gasteiger partial charge in [-0.1, -0.05) is 0 Å². The lowest BCUT2D eigenvalue weighted by Gasteiger charge is -2.01. The van der Waals surface area contributed by atoms with E-state index in [1.807, 2.05) is 11.5 Å². The van der Waals surface area contributed by atoms with Crippen LogP contribution in [0.2, 0.25) is 0 Å². The molecule has 0 aliphatic rings. The van der Waals surface area contributed by atoms with Gasteiger partial charge in [-0.25, -0.2) is 10.1 Å². The summed E-state index contributed by atoms with van der Waals surface area (Å²) >= 11 is 0. The number of nitrogens with one attached hydrogen (secondary N) is 2. The maximum atomic E-state index is 11.6. The number of aryl methyl sites for hydroxylation is 1. The first-order chi connectivity index (χ1) is 8.78. The minimum absolute atomic E-state index is 0.150. The molecule has 2 N–H and O–H groups in total. The van der Waals surface area contributed by atoms with Crippen LogP contribution in [0, 0.1) is 0 Å². The SMILES string of the molecule is CCOc1n[nH]c(NC(=O)CCn2ccnc2)n1. The van der Waals surface area contributed by atoms with E-state index >= 15 is 0 Å². The third kappa shape index (κ3) is 3.30. The summed E-state index contributed by atoms with van der Waals surface area (Å²) in [6.45, 7) is 2.88. The second-order valence-corrected chi connectivity index (χ2v) is 3.50. The molecular formula is C10H14N6O2. The fourth-order valence-electron chi connectivity index (χ4n) is 1.34. The van der Waals surface area contributed by atoms with Crippen LogP contribution in [-0.4, -0.2) is 37.2 Å². The number of hydrogen-bond acceptors (Lipinski definition) is 5. The molecule has 0 atom stereocenters. The Balaban J connectivity index is 1.79. The van der Waals surface area contributed by atoms with Gasteiger partial charge in [-0.2, -0.15) is 4.98 Å². The first kappa shape index (κ1) is 12.1. The van der Waals surface area contributed by atoms with Crippen molar-refractivity contribution in [2.75, 3.05) is 11.9 Å². The quantitative estimate of drug-likeness (QED) is 0.774. The zero-order valence-electron chi connectivity index (χ0n) is 9.96. The van der Waals surface area contributed by atoms with E-state index in [0.29, 0.717) is 19.6 Å². The summed E-state index contributed by atoms with van der Waals surface area (Å²) in [5.74, 6) is 0.136. The minimum Gasteiger partial charge on any atom is -0.463 e. The fourth-order valence-corrected chi connectivity index (χ4v) is 1.34. The summed E-state index contributed by atoms with van der Waals surface area (Å²) in [4.78, 5) is 19.4. The van der Waals surface area contributed by atoms with Crippen molar-refractivity contribution in [1.29, 1.82) is 0 Å². The average Bonchev–Trinajstić information content (AvgIpc) is 2.99. The van der Waals surface area contributed by atoms with Crippen LogP contribution in [0.1, 0.15) is 13.3 Å². The van der Waals surface area contributed by atoms with E-state index in [1.165, 1.54) is 0 Å². The molecule has 8 heteroatoms. The van der Waals surface area contributed by atoms with Crippen molar-refractivity contribution in [1.82, 2.24) is 24.7 Å². The van der Waals surface area contributed by atoms with Crippen LogP contribution in [0.4, 0.5) is 5.95 Å². The molecule has 0 aromatic carbocycles. The van der Waals surface area contributed by atoms with E-state index < -0.39 is 0 Å². The van der Waals surface area contributed by atoms with E-state index in [1.54, 1.807) is 18.7 Å². The molecule has 8 nitrogen and oxygen atoms in total. The van der Waals surface area contributed by atoms with Gasteiger partial charge in [0.2, 0.25) is 11.9 Å². The van der Waals surface area contributed by atoms with Gasteiger partial charge >= 0.3 is 6.01 Å². The molecule has 2 heterocycles. The Morgan fingerprint density at radius 1 is 1.61 bits per heavy atom. The van der Waals surface area contributed by atoms with Gasteiger partial charge in [0.1, 0.15) is 0 Å². The largest absolute Gasteiger partial charge is 0.463 e. The second-order valence-electron chi connectivity index (χ2n) is 3.50. The standard InChI is InChI=1S/C10H14N6O2/c1-2-18-10-13-9(14-15-10)12-8(17)3-5-16-6-4-11-7-16/h4,6-7H,2-3,5H2,1H3,(H2,12,13,14,15,17). The monoisotopic (exact) mass is 250 g/mol. The third-order valence-electron chi connectivity index (χ3n) is 2.15. The van der Waals surface area contributed by atoms with Crippen LogP contribution >= 0.6 is 0 Å². The normalized spacial score (nSPS) is 10.3. The number of hydrogen-bond donors (Lipinski definition) is 2. The molecule has 0 saturated heterocycles. The van der Waals surface area contributed by atoms with Crippen LogP contribution in [0.5, 0.6) is 6.01 Å². The second kappa shape index (κ2) is 5.80. The van der Waals surface area contributed by atoms with Gasteiger partial charge in [-0.3, -0.25) is 10.1 Å². The fraction of sp³-hybridized carbons (Fsp3) is 0.400. The molecular weight excluding hydrogens is 236 g/mol. The van der Waals surface area contributed by atoms with Gasteiger partial charge in [-0.05, 0) is 6.92 Å². The van der Waals surface area contributed by atoms with Gasteiger partial charge in [0.25, 0.3) is 0 Å². The number of nitrogens with zero attached hydrogens (tertiary/aromatic N) is 4. The highest BCUT2D eigenvalue weighted by molar-refractivity contribution is 5.88. The van der Waals surface area contributed by atoms with Crippen molar-refractivity contribution < 1.29 is 9.53 Å². The van der Waals surface area contributed by atoms with E-state index in [2.05, 4.69) is 25.5 Å². The van der Waals surface area contributed by atoms with Crippen LogP contribution in [0.3, 0.4) is 0 Å². The molecule has 0 aliphatic carbocycles. The molecule has 2 aromatic heterocycles. The van der Waals surface area contributed by atoms with Crippen molar-refractivity contribution >= 4 is 11.9 Å². The lowest BCUT2D eigenvalue weighted by molar-refractivity contribution is -0.116. The molecule has 0 bridgehead atoms. The molecule has 2 aromatic rings. The summed E-state index contributed by atoms with van der Waals surface area (Å²) in [6, 6.07) is 0.224. The number of carbonyl (C=O) groups is 1. The van der Waals surface area contributed by atoms with E-state index in [4.69, 9.17) is 4.74 Å². The molecule has 1 amide bonds. The maximum Gasteiger partial charge on any atom is 0.337 e. The molecule has 96 valence electrons. The van der Waals surface area contributed by atoms with Gasteiger partial charge in [0, 0.05) is 25.4 Å². The van der Waals surface area contributed by atoms with Crippen molar-refractivity contribution in [3.63, 3.8) is 0 Å². The number of amides is 1. The Morgan fingerprint density at radius 3 is 3.22 bits per heavy atom. The summed E-state index contributed by atoms with van der Waals surface area (Å²) in [7, 11) is 0. The first-order valence-electron chi connectivity index (χ1n) is 5.58.